The molecule has 0 bridgehead atoms. The zero-order chi connectivity index (χ0) is 5.70. The van der Waals surface area contributed by atoms with Gasteiger partial charge in [0.15, 0.2) is 0 Å². The van der Waals surface area contributed by atoms with E-state index in [1.807, 2.05) is 0 Å². The van der Waals surface area contributed by atoms with Gasteiger partial charge in [0.05, 0.1) is 0 Å². The molecule has 0 radical (unpaired) electrons. The third kappa shape index (κ3) is 6.51. The molecular weight excluding hydrogens is 124 g/mol. The van der Waals surface area contributed by atoms with Crippen LogP contribution in [0, 0.1) is 0 Å². The van der Waals surface area contributed by atoms with Crippen LogP contribution < -0.4 is 0 Å². The maximum atomic E-state index is 5.47. The molecule has 0 aromatic rings. The summed E-state index contributed by atoms with van der Waals surface area (Å²) in [5.74, 6) is 0.852. The molecule has 0 spiro atoms. The molecule has 0 atom stereocenters. The zero-order valence-electron chi connectivity index (χ0n) is 5.08. The van der Waals surface area contributed by atoms with E-state index in [2.05, 4.69) is 13.1 Å². The standard InChI is InChI=1S/C5H13ClSi/c1-7(2)5-3-4-6/h7H,3-5H2,1-2H3. The smallest absolute Gasteiger partial charge is 0.0306 e. The zero-order valence-corrected chi connectivity index (χ0v) is 6.99. The second-order valence-corrected chi connectivity index (χ2v) is 5.97. The Morgan fingerprint density at radius 1 is 1.43 bits per heavy atom. The molecule has 0 N–H and O–H groups in total. The predicted octanol–water partition coefficient (Wildman–Crippen LogP) is 2.10. The highest BCUT2D eigenvalue weighted by atomic mass is 35.5. The molecular formula is C5H13ClSi. The summed E-state index contributed by atoms with van der Waals surface area (Å²) in [6.45, 7) is 4.71. The van der Waals surface area contributed by atoms with Crippen molar-refractivity contribution in [2.24, 2.45) is 0 Å². The van der Waals surface area contributed by atoms with Gasteiger partial charge in [-0.25, -0.2) is 0 Å². The molecule has 0 nitrogen and oxygen atoms in total. The quantitative estimate of drug-likeness (QED) is 0.412. The van der Waals surface area contributed by atoms with Crippen LogP contribution in [0.1, 0.15) is 6.42 Å². The van der Waals surface area contributed by atoms with Crippen LogP contribution in [0.4, 0.5) is 0 Å². The summed E-state index contributed by atoms with van der Waals surface area (Å²) in [7, 11) is -0.273. The number of halogens is 1. The van der Waals surface area contributed by atoms with Gasteiger partial charge in [-0.1, -0.05) is 19.1 Å². The van der Waals surface area contributed by atoms with Gasteiger partial charge in [-0.2, -0.15) is 0 Å². The highest BCUT2D eigenvalue weighted by molar-refractivity contribution is 6.55. The van der Waals surface area contributed by atoms with E-state index in [9.17, 15) is 0 Å². The normalized spacial score (nSPS) is 10.3. The lowest BCUT2D eigenvalue weighted by Gasteiger charge is -1.96. The minimum Gasteiger partial charge on any atom is -0.127 e. The maximum Gasteiger partial charge on any atom is 0.0306 e. The Balaban J connectivity index is 2.68. The van der Waals surface area contributed by atoms with Crippen molar-refractivity contribution in [2.45, 2.75) is 25.6 Å². The molecule has 7 heavy (non-hydrogen) atoms. The van der Waals surface area contributed by atoms with Gasteiger partial charge in [0.2, 0.25) is 0 Å². The Morgan fingerprint density at radius 3 is 2.14 bits per heavy atom. The third-order valence-electron chi connectivity index (χ3n) is 0.915. The lowest BCUT2D eigenvalue weighted by atomic mass is 10.6. The van der Waals surface area contributed by atoms with E-state index in [0.717, 1.165) is 5.88 Å². The highest BCUT2D eigenvalue weighted by Crippen LogP contribution is 1.97. The van der Waals surface area contributed by atoms with Crippen LogP contribution in [-0.2, 0) is 0 Å². The van der Waals surface area contributed by atoms with Crippen LogP contribution in [0.5, 0.6) is 0 Å². The van der Waals surface area contributed by atoms with E-state index in [1.165, 1.54) is 12.5 Å². The van der Waals surface area contributed by atoms with Crippen LogP contribution in [0.25, 0.3) is 0 Å². The van der Waals surface area contributed by atoms with Crippen LogP contribution in [0.15, 0.2) is 0 Å². The Labute approximate surface area is 52.5 Å². The van der Waals surface area contributed by atoms with Gasteiger partial charge < -0.3 is 0 Å². The van der Waals surface area contributed by atoms with E-state index in [0.29, 0.717) is 0 Å². The van der Waals surface area contributed by atoms with E-state index < -0.39 is 0 Å². The summed E-state index contributed by atoms with van der Waals surface area (Å²) >= 11 is 5.47. The van der Waals surface area contributed by atoms with Crippen molar-refractivity contribution in [3.8, 4) is 0 Å². The van der Waals surface area contributed by atoms with E-state index in [1.54, 1.807) is 0 Å². The first-order valence-electron chi connectivity index (χ1n) is 2.83. The monoisotopic (exact) mass is 136 g/mol. The predicted molar refractivity (Wildman–Crippen MR) is 39.0 cm³/mol. The number of rotatable bonds is 3. The fourth-order valence-electron chi connectivity index (χ4n) is 0.485. The molecule has 0 aliphatic carbocycles. The average molecular weight is 137 g/mol. The molecule has 0 amide bonds. The summed E-state index contributed by atoms with van der Waals surface area (Å²) < 4.78 is 0. The van der Waals surface area contributed by atoms with Gasteiger partial charge in [0.25, 0.3) is 0 Å². The molecule has 0 aromatic heterocycles. The molecule has 0 heterocycles. The molecule has 2 heteroatoms. The van der Waals surface area contributed by atoms with Gasteiger partial charge in [-0.15, -0.1) is 11.6 Å². The van der Waals surface area contributed by atoms with Crippen LogP contribution >= 0.6 is 11.6 Å². The maximum absolute atomic E-state index is 5.47. The van der Waals surface area contributed by atoms with Crippen molar-refractivity contribution in [3.63, 3.8) is 0 Å². The lowest BCUT2D eigenvalue weighted by molar-refractivity contribution is 1.07. The topological polar surface area (TPSA) is 0 Å². The molecule has 0 aromatic carbocycles. The van der Waals surface area contributed by atoms with Gasteiger partial charge >= 0.3 is 0 Å². The van der Waals surface area contributed by atoms with Gasteiger partial charge in [0, 0.05) is 14.7 Å². The minimum absolute atomic E-state index is 0.273. The van der Waals surface area contributed by atoms with Crippen molar-refractivity contribution in [3.05, 3.63) is 0 Å². The molecule has 0 saturated carbocycles. The van der Waals surface area contributed by atoms with Crippen LogP contribution in [0.3, 0.4) is 0 Å². The SMILES string of the molecule is C[SiH](C)CCCCl. The van der Waals surface area contributed by atoms with Crippen LogP contribution in [-0.4, -0.2) is 14.7 Å². The summed E-state index contributed by atoms with van der Waals surface area (Å²) in [5, 5.41) is 0. The molecule has 0 aliphatic rings. The van der Waals surface area contributed by atoms with Crippen molar-refractivity contribution in [2.75, 3.05) is 5.88 Å². The Bertz CT molecular complexity index is 37.1. The minimum atomic E-state index is -0.273. The Morgan fingerprint density at radius 2 is 2.00 bits per heavy atom. The van der Waals surface area contributed by atoms with E-state index in [4.69, 9.17) is 11.6 Å². The summed E-state index contributed by atoms with van der Waals surface area (Å²) in [6, 6.07) is 1.41. The second-order valence-electron chi connectivity index (χ2n) is 2.23. The summed E-state index contributed by atoms with van der Waals surface area (Å²) in [6.07, 6.45) is 1.23. The molecule has 0 aliphatic heterocycles. The van der Waals surface area contributed by atoms with Crippen molar-refractivity contribution >= 4 is 20.4 Å². The third-order valence-corrected chi connectivity index (χ3v) is 2.75. The van der Waals surface area contributed by atoms with E-state index >= 15 is 0 Å². The van der Waals surface area contributed by atoms with Gasteiger partial charge in [-0.3, -0.25) is 0 Å². The first kappa shape index (κ1) is 7.51. The largest absolute Gasteiger partial charge is 0.127 e. The highest BCUT2D eigenvalue weighted by Gasteiger charge is 1.91. The molecule has 0 fully saturated rings. The fraction of sp³-hybridized carbons (Fsp3) is 1.00. The Hall–Kier alpha value is 0.507. The number of hydrogen-bond acceptors (Lipinski definition) is 0. The molecule has 0 rings (SSSR count). The average Bonchev–Trinajstić information content (AvgIpc) is 1.61. The number of hydrogen-bond donors (Lipinski definition) is 0. The van der Waals surface area contributed by atoms with Gasteiger partial charge in [-0.05, 0) is 6.42 Å². The van der Waals surface area contributed by atoms with Crippen molar-refractivity contribution in [1.29, 1.82) is 0 Å². The van der Waals surface area contributed by atoms with Crippen LogP contribution in [0.2, 0.25) is 19.1 Å². The molecule has 0 saturated heterocycles. The first-order valence-corrected chi connectivity index (χ1v) is 6.49. The lowest BCUT2D eigenvalue weighted by Crippen LogP contribution is -1.97. The first-order chi connectivity index (χ1) is 3.27. The summed E-state index contributed by atoms with van der Waals surface area (Å²) in [4.78, 5) is 0. The summed E-state index contributed by atoms with van der Waals surface area (Å²) in [5.41, 5.74) is 0. The van der Waals surface area contributed by atoms with Crippen molar-refractivity contribution in [1.82, 2.24) is 0 Å². The Kier molecular flexibility index (Phi) is 5.00. The second kappa shape index (κ2) is 4.66. The fourth-order valence-corrected chi connectivity index (χ4v) is 1.92. The number of alkyl halides is 1. The van der Waals surface area contributed by atoms with Gasteiger partial charge in [0.1, 0.15) is 0 Å². The molecule has 44 valence electrons. The van der Waals surface area contributed by atoms with E-state index in [-0.39, 0.29) is 8.80 Å². The van der Waals surface area contributed by atoms with Crippen molar-refractivity contribution < 1.29 is 0 Å². The molecule has 0 unspecified atom stereocenters.